The number of imidazole rings is 1. The minimum absolute atomic E-state index is 0.0353. The number of pyridine rings is 1. The molecule has 0 saturated carbocycles. The second kappa shape index (κ2) is 9.01. The molecule has 3 aromatic heterocycles. The van der Waals surface area contributed by atoms with E-state index < -0.39 is 24.8 Å². The zero-order valence-corrected chi connectivity index (χ0v) is 18.2. The van der Waals surface area contributed by atoms with Crippen LogP contribution in [0.2, 0.25) is 0 Å². The van der Waals surface area contributed by atoms with Crippen LogP contribution >= 0.6 is 0 Å². The molecule has 170 valence electrons. The van der Waals surface area contributed by atoms with Gasteiger partial charge < -0.3 is 4.90 Å². The number of carbonyl (C=O) groups is 1. The topological polar surface area (TPSA) is 63.4 Å². The molecule has 3 heterocycles. The summed E-state index contributed by atoms with van der Waals surface area (Å²) >= 11 is 0. The predicted octanol–water partition coefficient (Wildman–Crippen LogP) is 4.98. The third kappa shape index (κ3) is 5.36. The lowest BCUT2D eigenvalue weighted by Crippen LogP contribution is -2.12. The van der Waals surface area contributed by atoms with Gasteiger partial charge in [-0.2, -0.15) is 13.2 Å². The number of nitrogens with zero attached hydrogens (tertiary/aromatic N) is 5. The fourth-order valence-corrected chi connectivity index (χ4v) is 3.51. The van der Waals surface area contributed by atoms with Crippen molar-refractivity contribution in [3.8, 4) is 22.5 Å². The molecule has 4 rings (SSSR count). The van der Waals surface area contributed by atoms with Crippen molar-refractivity contribution in [1.82, 2.24) is 19.6 Å². The zero-order valence-electron chi connectivity index (χ0n) is 18.2. The number of rotatable bonds is 7. The summed E-state index contributed by atoms with van der Waals surface area (Å²) in [4.78, 5) is 18.3. The van der Waals surface area contributed by atoms with Crippen LogP contribution in [0, 0.1) is 0 Å². The van der Waals surface area contributed by atoms with Crippen LogP contribution in [0.5, 0.6) is 0 Å². The second-order valence-electron chi connectivity index (χ2n) is 7.99. The summed E-state index contributed by atoms with van der Waals surface area (Å²) < 4.78 is 39.0. The molecule has 1 aromatic carbocycles. The summed E-state index contributed by atoms with van der Waals surface area (Å²) in [6.07, 6.45) is -2.35. The van der Waals surface area contributed by atoms with Gasteiger partial charge in [0.25, 0.3) is 0 Å². The number of ketones is 1. The fourth-order valence-electron chi connectivity index (χ4n) is 3.51. The van der Waals surface area contributed by atoms with Crippen LogP contribution in [0.15, 0.2) is 60.9 Å². The van der Waals surface area contributed by atoms with E-state index in [2.05, 4.69) is 15.2 Å². The van der Waals surface area contributed by atoms with Crippen molar-refractivity contribution in [3.05, 3.63) is 66.5 Å². The quantitative estimate of drug-likeness (QED) is 0.395. The molecule has 0 N–H and O–H groups in total. The number of benzene rings is 1. The first-order chi connectivity index (χ1) is 15.7. The highest BCUT2D eigenvalue weighted by atomic mass is 19.4. The normalized spacial score (nSPS) is 11.7. The molecule has 0 unspecified atom stereocenters. The van der Waals surface area contributed by atoms with Crippen molar-refractivity contribution in [2.75, 3.05) is 19.0 Å². The van der Waals surface area contributed by atoms with Gasteiger partial charge in [0.2, 0.25) is 0 Å². The first-order valence-electron chi connectivity index (χ1n) is 10.4. The average Bonchev–Trinajstić information content (AvgIpc) is 3.21. The first kappa shape index (κ1) is 22.4. The lowest BCUT2D eigenvalue weighted by atomic mass is 10.0. The molecular formula is C24H22F3N5O. The van der Waals surface area contributed by atoms with E-state index in [0.29, 0.717) is 11.2 Å². The molecule has 0 aliphatic heterocycles. The van der Waals surface area contributed by atoms with Crippen LogP contribution in [0.25, 0.3) is 28.2 Å². The molecule has 9 heteroatoms. The summed E-state index contributed by atoms with van der Waals surface area (Å²) in [5.74, 6) is 0.327. The Morgan fingerprint density at radius 3 is 2.55 bits per heavy atom. The van der Waals surface area contributed by atoms with Crippen LogP contribution in [0.4, 0.5) is 19.0 Å². The van der Waals surface area contributed by atoms with Crippen molar-refractivity contribution in [1.29, 1.82) is 0 Å². The highest BCUT2D eigenvalue weighted by Gasteiger charge is 2.27. The molecule has 6 nitrogen and oxygen atoms in total. The lowest BCUT2D eigenvalue weighted by molar-refractivity contribution is -0.143. The highest BCUT2D eigenvalue weighted by Crippen LogP contribution is 2.26. The van der Waals surface area contributed by atoms with Gasteiger partial charge in [0.1, 0.15) is 11.4 Å². The minimum Gasteiger partial charge on any atom is -0.361 e. The summed E-state index contributed by atoms with van der Waals surface area (Å²) in [6.45, 7) is 0. The Bertz CT molecular complexity index is 1280. The minimum atomic E-state index is -4.33. The van der Waals surface area contributed by atoms with Crippen molar-refractivity contribution in [3.63, 3.8) is 0 Å². The number of fused-ring (bicyclic) bond motifs is 1. The van der Waals surface area contributed by atoms with E-state index in [1.54, 1.807) is 18.3 Å². The van der Waals surface area contributed by atoms with Crippen LogP contribution in [-0.2, 0) is 11.2 Å². The molecule has 0 saturated heterocycles. The van der Waals surface area contributed by atoms with Gasteiger partial charge in [-0.3, -0.25) is 9.20 Å². The van der Waals surface area contributed by atoms with Gasteiger partial charge >= 0.3 is 6.18 Å². The number of hydrogen-bond donors (Lipinski definition) is 0. The molecule has 0 fully saturated rings. The van der Waals surface area contributed by atoms with E-state index in [-0.39, 0.29) is 6.42 Å². The Kier molecular flexibility index (Phi) is 6.13. The predicted molar refractivity (Wildman–Crippen MR) is 120 cm³/mol. The standard InChI is InChI=1S/C24H22F3N5O/c1-31(2)22-7-6-20(29-30-22)17-9-11-32-21(15-28-23(32)14-17)18-5-3-4-16(12-18)13-19(33)8-10-24(25,26)27/h3-7,9,11-12,14-15H,8,10,13H2,1-2H3. The Morgan fingerprint density at radius 2 is 1.85 bits per heavy atom. The molecule has 33 heavy (non-hydrogen) atoms. The van der Waals surface area contributed by atoms with E-state index in [1.165, 1.54) is 0 Å². The smallest absolute Gasteiger partial charge is 0.361 e. The molecule has 0 atom stereocenters. The Labute approximate surface area is 188 Å². The molecule has 0 radical (unpaired) electrons. The average molecular weight is 453 g/mol. The van der Waals surface area contributed by atoms with Gasteiger partial charge in [0.15, 0.2) is 5.82 Å². The summed E-state index contributed by atoms with van der Waals surface area (Å²) in [6, 6.07) is 14.8. The maximum Gasteiger partial charge on any atom is 0.389 e. The van der Waals surface area contributed by atoms with Gasteiger partial charge in [-0.1, -0.05) is 18.2 Å². The number of hydrogen-bond acceptors (Lipinski definition) is 5. The summed E-state index contributed by atoms with van der Waals surface area (Å²) in [5, 5.41) is 8.49. The molecular weight excluding hydrogens is 431 g/mol. The van der Waals surface area contributed by atoms with Crippen LogP contribution in [0.3, 0.4) is 0 Å². The third-order valence-corrected chi connectivity index (χ3v) is 5.23. The van der Waals surface area contributed by atoms with E-state index in [9.17, 15) is 18.0 Å². The Balaban J connectivity index is 1.55. The van der Waals surface area contributed by atoms with Crippen molar-refractivity contribution in [2.45, 2.75) is 25.4 Å². The number of alkyl halides is 3. The summed E-state index contributed by atoms with van der Waals surface area (Å²) in [5.41, 5.74) is 4.63. The maximum atomic E-state index is 12.4. The fraction of sp³-hybridized carbons (Fsp3) is 0.250. The number of aromatic nitrogens is 4. The van der Waals surface area contributed by atoms with Gasteiger partial charge in [-0.25, -0.2) is 4.98 Å². The zero-order chi connectivity index (χ0) is 23.6. The largest absolute Gasteiger partial charge is 0.389 e. The number of Topliss-reactive ketones (excluding diaryl/α,β-unsaturated/α-hetero) is 1. The number of halogens is 3. The monoisotopic (exact) mass is 453 g/mol. The second-order valence-corrected chi connectivity index (χ2v) is 7.99. The van der Waals surface area contributed by atoms with Gasteiger partial charge in [-0.15, -0.1) is 10.2 Å². The van der Waals surface area contributed by atoms with E-state index in [1.807, 2.05) is 66.0 Å². The molecule has 0 aliphatic carbocycles. The molecule has 4 aromatic rings. The number of anilines is 1. The third-order valence-electron chi connectivity index (χ3n) is 5.23. The van der Waals surface area contributed by atoms with Crippen molar-refractivity contribution < 1.29 is 18.0 Å². The highest BCUT2D eigenvalue weighted by molar-refractivity contribution is 5.81. The van der Waals surface area contributed by atoms with Gasteiger partial charge in [0.05, 0.1) is 24.0 Å². The van der Waals surface area contributed by atoms with Gasteiger partial charge in [-0.05, 0) is 35.9 Å². The van der Waals surface area contributed by atoms with Crippen molar-refractivity contribution in [2.24, 2.45) is 0 Å². The van der Waals surface area contributed by atoms with Crippen LogP contribution in [-0.4, -0.2) is 45.6 Å². The van der Waals surface area contributed by atoms with E-state index in [4.69, 9.17) is 0 Å². The van der Waals surface area contributed by atoms with Crippen molar-refractivity contribution >= 4 is 17.2 Å². The van der Waals surface area contributed by atoms with Crippen LogP contribution in [0.1, 0.15) is 18.4 Å². The Hall–Kier alpha value is -3.75. The molecule has 0 bridgehead atoms. The number of carbonyl (C=O) groups excluding carboxylic acids is 1. The molecule has 0 aliphatic rings. The van der Waals surface area contributed by atoms with Gasteiger partial charge in [0, 0.05) is 44.3 Å². The van der Waals surface area contributed by atoms with E-state index in [0.717, 1.165) is 28.3 Å². The van der Waals surface area contributed by atoms with E-state index >= 15 is 0 Å². The van der Waals surface area contributed by atoms with Crippen LogP contribution < -0.4 is 4.90 Å². The summed E-state index contributed by atoms with van der Waals surface area (Å²) in [7, 11) is 3.80. The molecule has 0 spiro atoms. The maximum absolute atomic E-state index is 12.4. The molecule has 0 amide bonds. The first-order valence-corrected chi connectivity index (χ1v) is 10.4. The Morgan fingerprint density at radius 1 is 1.03 bits per heavy atom. The SMILES string of the molecule is CN(C)c1ccc(-c2ccn3c(-c4cccc(CC(=O)CCC(F)(F)F)c4)cnc3c2)nn1. The lowest BCUT2D eigenvalue weighted by Gasteiger charge is -2.10.